The smallest absolute Gasteiger partial charge is 0.315 e. The maximum absolute atomic E-state index is 13.0. The largest absolute Gasteiger partial charge is 0.352 e. The lowest BCUT2D eigenvalue weighted by Gasteiger charge is -2.33. The summed E-state index contributed by atoms with van der Waals surface area (Å²) in [5, 5.41) is 6.00. The highest BCUT2D eigenvalue weighted by Crippen LogP contribution is 2.18. The fourth-order valence-electron chi connectivity index (χ4n) is 4.14. The Morgan fingerprint density at radius 3 is 2.52 bits per heavy atom. The summed E-state index contributed by atoms with van der Waals surface area (Å²) in [6.07, 6.45) is 2.38. The lowest BCUT2D eigenvalue weighted by atomic mass is 10.1. The van der Waals surface area contributed by atoms with Gasteiger partial charge in [-0.2, -0.15) is 0 Å². The van der Waals surface area contributed by atoms with Crippen LogP contribution in [0.3, 0.4) is 0 Å². The molecule has 0 radical (unpaired) electrons. The van der Waals surface area contributed by atoms with Gasteiger partial charge in [0, 0.05) is 32.2 Å². The van der Waals surface area contributed by atoms with E-state index in [1.165, 1.54) is 5.56 Å². The third-order valence-electron chi connectivity index (χ3n) is 5.82. The van der Waals surface area contributed by atoms with Crippen LogP contribution < -0.4 is 21.1 Å². The molecular weight excluding hydrogens is 390 g/mol. The average Bonchev–Trinajstić information content (AvgIpc) is 2.80. The molecule has 0 spiro atoms. The molecular formula is C24H29N5O2. The van der Waals surface area contributed by atoms with Gasteiger partial charge >= 0.3 is 6.03 Å². The summed E-state index contributed by atoms with van der Waals surface area (Å²) >= 11 is 0. The third-order valence-corrected chi connectivity index (χ3v) is 5.82. The summed E-state index contributed by atoms with van der Waals surface area (Å²) in [5.74, 6) is 0.506. The lowest BCUT2D eigenvalue weighted by molar-refractivity contribution is 0.234. The minimum atomic E-state index is -0.133. The van der Waals surface area contributed by atoms with E-state index in [4.69, 9.17) is 0 Å². The first-order chi connectivity index (χ1) is 15.2. The van der Waals surface area contributed by atoms with Crippen LogP contribution in [-0.4, -0.2) is 41.3 Å². The van der Waals surface area contributed by atoms with Gasteiger partial charge in [-0.3, -0.25) is 4.79 Å². The molecule has 4 rings (SSSR count). The maximum Gasteiger partial charge on any atom is 0.315 e. The SMILES string of the molecule is CCn1c(=O)c(N2CCC(NC(=O)NCCc3ccccc3)CC2)nc2ccccc21. The number of hydrogen-bond acceptors (Lipinski definition) is 4. The second-order valence-corrected chi connectivity index (χ2v) is 7.87. The van der Waals surface area contributed by atoms with Crippen LogP contribution in [0.1, 0.15) is 25.3 Å². The Balaban J connectivity index is 1.32. The molecule has 0 unspecified atom stereocenters. The number of carbonyl (C=O) groups is 1. The Morgan fingerprint density at radius 2 is 1.77 bits per heavy atom. The van der Waals surface area contributed by atoms with Gasteiger partial charge in [0.25, 0.3) is 5.56 Å². The standard InChI is InChI=1S/C24H29N5O2/c1-2-29-21-11-7-6-10-20(21)27-22(23(29)30)28-16-13-19(14-17-28)26-24(31)25-15-12-18-8-4-3-5-9-18/h3-11,19H,2,12-17H2,1H3,(H2,25,26,31). The number of fused-ring (bicyclic) bond motifs is 1. The minimum Gasteiger partial charge on any atom is -0.352 e. The van der Waals surface area contributed by atoms with Gasteiger partial charge in [0.15, 0.2) is 5.82 Å². The van der Waals surface area contributed by atoms with E-state index in [-0.39, 0.29) is 17.6 Å². The normalized spacial score (nSPS) is 14.5. The van der Waals surface area contributed by atoms with Crippen LogP contribution in [0.4, 0.5) is 10.6 Å². The summed E-state index contributed by atoms with van der Waals surface area (Å²) in [7, 11) is 0. The van der Waals surface area contributed by atoms with Crippen molar-refractivity contribution in [3.8, 4) is 0 Å². The molecule has 1 saturated heterocycles. The van der Waals surface area contributed by atoms with Crippen LogP contribution in [0.2, 0.25) is 0 Å². The zero-order valence-electron chi connectivity index (χ0n) is 17.9. The first-order valence-corrected chi connectivity index (χ1v) is 11.0. The van der Waals surface area contributed by atoms with Gasteiger partial charge in [-0.05, 0) is 43.9 Å². The predicted molar refractivity (Wildman–Crippen MR) is 124 cm³/mol. The summed E-state index contributed by atoms with van der Waals surface area (Å²) in [6.45, 7) is 4.57. The van der Waals surface area contributed by atoms with E-state index in [0.29, 0.717) is 32.0 Å². The summed E-state index contributed by atoms with van der Waals surface area (Å²) < 4.78 is 1.78. The van der Waals surface area contributed by atoms with Crippen molar-refractivity contribution in [2.24, 2.45) is 0 Å². The highest BCUT2D eigenvalue weighted by Gasteiger charge is 2.24. The van der Waals surface area contributed by atoms with Crippen molar-refractivity contribution in [1.82, 2.24) is 20.2 Å². The van der Waals surface area contributed by atoms with Crippen molar-refractivity contribution in [2.75, 3.05) is 24.5 Å². The first-order valence-electron chi connectivity index (χ1n) is 11.0. The Kier molecular flexibility index (Phi) is 6.50. The number of piperidine rings is 1. The Bertz CT molecular complexity index is 1090. The maximum atomic E-state index is 13.0. The average molecular weight is 420 g/mol. The molecule has 162 valence electrons. The van der Waals surface area contributed by atoms with Crippen molar-refractivity contribution < 1.29 is 4.79 Å². The molecule has 0 aliphatic carbocycles. The van der Waals surface area contributed by atoms with Crippen molar-refractivity contribution in [1.29, 1.82) is 0 Å². The second kappa shape index (κ2) is 9.64. The summed E-state index contributed by atoms with van der Waals surface area (Å²) in [5.41, 5.74) is 2.85. The quantitative estimate of drug-likeness (QED) is 0.644. The number of aromatic nitrogens is 2. The zero-order valence-corrected chi connectivity index (χ0v) is 17.9. The van der Waals surface area contributed by atoms with Gasteiger partial charge in [0.1, 0.15) is 0 Å². The van der Waals surface area contributed by atoms with Crippen molar-refractivity contribution in [3.63, 3.8) is 0 Å². The fourth-order valence-corrected chi connectivity index (χ4v) is 4.14. The van der Waals surface area contributed by atoms with E-state index >= 15 is 0 Å². The molecule has 3 aromatic rings. The topological polar surface area (TPSA) is 79.3 Å². The minimum absolute atomic E-state index is 0.0498. The van der Waals surface area contributed by atoms with Crippen LogP contribution in [0.5, 0.6) is 0 Å². The predicted octanol–water partition coefficient (Wildman–Crippen LogP) is 2.93. The number of para-hydroxylation sites is 2. The van der Waals surface area contributed by atoms with Gasteiger partial charge < -0.3 is 20.1 Å². The molecule has 1 fully saturated rings. The molecule has 1 aromatic heterocycles. The van der Waals surface area contributed by atoms with E-state index in [1.807, 2.05) is 54.3 Å². The van der Waals surface area contributed by atoms with E-state index in [9.17, 15) is 9.59 Å². The molecule has 0 saturated carbocycles. The summed E-state index contributed by atoms with van der Waals surface area (Å²) in [4.78, 5) is 31.9. The Morgan fingerprint density at radius 1 is 1.06 bits per heavy atom. The molecule has 2 amide bonds. The number of nitrogens with one attached hydrogen (secondary N) is 2. The molecule has 2 N–H and O–H groups in total. The number of urea groups is 1. The van der Waals surface area contributed by atoms with Crippen LogP contribution in [-0.2, 0) is 13.0 Å². The van der Waals surface area contributed by atoms with Gasteiger partial charge in [-0.1, -0.05) is 42.5 Å². The number of nitrogens with zero attached hydrogens (tertiary/aromatic N) is 3. The van der Waals surface area contributed by atoms with Gasteiger partial charge in [0.05, 0.1) is 11.0 Å². The summed E-state index contributed by atoms with van der Waals surface area (Å²) in [6, 6.07) is 17.8. The third kappa shape index (κ3) is 4.87. The first kappa shape index (κ1) is 20.9. The molecule has 2 heterocycles. The van der Waals surface area contributed by atoms with Crippen molar-refractivity contribution in [3.05, 3.63) is 70.5 Å². The van der Waals surface area contributed by atoms with Gasteiger partial charge in [-0.15, -0.1) is 0 Å². The highest BCUT2D eigenvalue weighted by molar-refractivity contribution is 5.76. The van der Waals surface area contributed by atoms with E-state index < -0.39 is 0 Å². The lowest BCUT2D eigenvalue weighted by Crippen LogP contribution is -2.49. The number of benzene rings is 2. The Labute approximate surface area is 182 Å². The van der Waals surface area contributed by atoms with Crippen molar-refractivity contribution in [2.45, 2.75) is 38.8 Å². The molecule has 0 atom stereocenters. The molecule has 7 nitrogen and oxygen atoms in total. The molecule has 7 heteroatoms. The zero-order chi connectivity index (χ0) is 21.6. The van der Waals surface area contributed by atoms with E-state index in [2.05, 4.69) is 27.8 Å². The van der Waals surface area contributed by atoms with Crippen LogP contribution >= 0.6 is 0 Å². The van der Waals surface area contributed by atoms with Gasteiger partial charge in [0.2, 0.25) is 0 Å². The van der Waals surface area contributed by atoms with Crippen LogP contribution in [0.25, 0.3) is 11.0 Å². The van der Waals surface area contributed by atoms with Gasteiger partial charge in [-0.25, -0.2) is 9.78 Å². The monoisotopic (exact) mass is 419 g/mol. The van der Waals surface area contributed by atoms with Crippen LogP contribution in [0, 0.1) is 0 Å². The molecule has 31 heavy (non-hydrogen) atoms. The number of carbonyl (C=O) groups excluding carboxylic acids is 1. The second-order valence-electron chi connectivity index (χ2n) is 7.87. The van der Waals surface area contributed by atoms with Crippen molar-refractivity contribution >= 4 is 22.9 Å². The number of anilines is 1. The molecule has 1 aliphatic heterocycles. The number of hydrogen-bond donors (Lipinski definition) is 2. The number of rotatable bonds is 6. The molecule has 2 aromatic carbocycles. The number of aryl methyl sites for hydroxylation is 1. The Hall–Kier alpha value is -3.35. The van der Waals surface area contributed by atoms with Crippen LogP contribution in [0.15, 0.2) is 59.4 Å². The van der Waals surface area contributed by atoms with E-state index in [0.717, 1.165) is 30.3 Å². The molecule has 0 bridgehead atoms. The van der Waals surface area contributed by atoms with E-state index in [1.54, 1.807) is 4.57 Å². The number of amides is 2. The fraction of sp³-hybridized carbons (Fsp3) is 0.375. The molecule has 1 aliphatic rings. The highest BCUT2D eigenvalue weighted by atomic mass is 16.2.